The summed E-state index contributed by atoms with van der Waals surface area (Å²) < 4.78 is 5.10. The Morgan fingerprint density at radius 3 is 1.90 bits per heavy atom. The highest BCUT2D eigenvalue weighted by Gasteiger charge is 2.20. The summed E-state index contributed by atoms with van der Waals surface area (Å²) in [5.41, 5.74) is 5.98. The van der Waals surface area contributed by atoms with Crippen molar-refractivity contribution in [3.8, 4) is 0 Å². The van der Waals surface area contributed by atoms with E-state index in [9.17, 15) is 4.79 Å². The van der Waals surface area contributed by atoms with Crippen LogP contribution in [0.4, 0.5) is 0 Å². The molecule has 0 heterocycles. The Kier molecular flexibility index (Phi) is 6.37. The molecule has 0 N–H and O–H groups in total. The van der Waals surface area contributed by atoms with E-state index in [0.717, 1.165) is 22.3 Å². The second-order valence-corrected chi connectivity index (χ2v) is 5.53. The minimum absolute atomic E-state index is 0.0797. The van der Waals surface area contributed by atoms with Crippen molar-refractivity contribution in [2.45, 2.75) is 54.1 Å². The lowest BCUT2D eigenvalue weighted by Crippen LogP contribution is -2.15. The molecule has 0 saturated heterocycles. The normalized spacial score (nSPS) is 12.3. The first-order chi connectivity index (χ1) is 9.81. The van der Waals surface area contributed by atoms with Crippen molar-refractivity contribution >= 4 is 5.97 Å². The fraction of sp³-hybridized carbons (Fsp3) is 0.588. The monoisotopic (exact) mass is 294 g/mol. The highest BCUT2D eigenvalue weighted by Crippen LogP contribution is 2.26. The van der Waals surface area contributed by atoms with E-state index in [-0.39, 0.29) is 6.10 Å². The predicted molar refractivity (Wildman–Crippen MR) is 82.6 cm³/mol. The third kappa shape index (κ3) is 4.05. The Labute approximate surface area is 127 Å². The SMILES string of the molecule is COC(C)CCOOC(=O)c1c(C)c(C)c(C)c(C)c1C. The van der Waals surface area contributed by atoms with Gasteiger partial charge in [-0.2, -0.15) is 4.89 Å². The van der Waals surface area contributed by atoms with Crippen molar-refractivity contribution in [1.29, 1.82) is 0 Å². The van der Waals surface area contributed by atoms with E-state index in [1.54, 1.807) is 7.11 Å². The molecule has 0 aromatic heterocycles. The van der Waals surface area contributed by atoms with Gasteiger partial charge in [0.15, 0.2) is 0 Å². The Balaban J connectivity index is 2.80. The van der Waals surface area contributed by atoms with Crippen LogP contribution in [0.5, 0.6) is 0 Å². The van der Waals surface area contributed by atoms with Crippen LogP contribution in [0, 0.1) is 34.6 Å². The summed E-state index contributed by atoms with van der Waals surface area (Å²) in [5.74, 6) is -0.429. The quantitative estimate of drug-likeness (QED) is 0.455. The molecule has 1 aromatic carbocycles. The van der Waals surface area contributed by atoms with E-state index >= 15 is 0 Å². The van der Waals surface area contributed by atoms with E-state index in [1.165, 1.54) is 5.56 Å². The van der Waals surface area contributed by atoms with Crippen molar-refractivity contribution in [2.24, 2.45) is 0 Å². The number of carbonyl (C=O) groups is 1. The van der Waals surface area contributed by atoms with Crippen LogP contribution in [0.3, 0.4) is 0 Å². The zero-order chi connectivity index (χ0) is 16.2. The van der Waals surface area contributed by atoms with Crippen LogP contribution in [0.25, 0.3) is 0 Å². The molecule has 0 saturated carbocycles. The van der Waals surface area contributed by atoms with Gasteiger partial charge in [-0.1, -0.05) is 0 Å². The summed E-state index contributed by atoms with van der Waals surface area (Å²) >= 11 is 0. The molecule has 0 bridgehead atoms. The van der Waals surface area contributed by atoms with Gasteiger partial charge in [-0.3, -0.25) is 4.89 Å². The van der Waals surface area contributed by atoms with Gasteiger partial charge in [-0.15, -0.1) is 0 Å². The maximum atomic E-state index is 12.2. The smallest absolute Gasteiger partial charge is 0.373 e. The lowest BCUT2D eigenvalue weighted by atomic mass is 9.90. The fourth-order valence-corrected chi connectivity index (χ4v) is 2.27. The zero-order valence-electron chi connectivity index (χ0n) is 14.1. The van der Waals surface area contributed by atoms with Gasteiger partial charge in [0.1, 0.15) is 0 Å². The van der Waals surface area contributed by atoms with Gasteiger partial charge in [-0.25, -0.2) is 4.79 Å². The third-order valence-electron chi connectivity index (χ3n) is 4.35. The molecule has 1 rings (SSSR count). The maximum Gasteiger partial charge on any atom is 0.373 e. The molecule has 0 amide bonds. The molecule has 0 aliphatic heterocycles. The minimum atomic E-state index is -0.429. The molecular weight excluding hydrogens is 268 g/mol. The van der Waals surface area contributed by atoms with Crippen molar-refractivity contribution in [3.63, 3.8) is 0 Å². The number of rotatable bonds is 6. The van der Waals surface area contributed by atoms with Crippen LogP contribution in [-0.4, -0.2) is 25.8 Å². The third-order valence-corrected chi connectivity index (χ3v) is 4.35. The Bertz CT molecular complexity index is 491. The van der Waals surface area contributed by atoms with Gasteiger partial charge < -0.3 is 4.74 Å². The van der Waals surface area contributed by atoms with Gasteiger partial charge >= 0.3 is 5.97 Å². The number of hydrogen-bond donors (Lipinski definition) is 0. The highest BCUT2D eigenvalue weighted by atomic mass is 17.2. The minimum Gasteiger partial charge on any atom is -0.382 e. The Morgan fingerprint density at radius 1 is 0.952 bits per heavy atom. The lowest BCUT2D eigenvalue weighted by molar-refractivity contribution is -0.244. The number of hydrogen-bond acceptors (Lipinski definition) is 4. The molecule has 1 aromatic rings. The van der Waals surface area contributed by atoms with E-state index in [2.05, 4.69) is 6.92 Å². The summed E-state index contributed by atoms with van der Waals surface area (Å²) in [4.78, 5) is 22.2. The molecule has 118 valence electrons. The molecule has 0 fully saturated rings. The van der Waals surface area contributed by atoms with Gasteiger partial charge in [-0.05, 0) is 69.4 Å². The first kappa shape index (κ1) is 17.7. The van der Waals surface area contributed by atoms with Crippen LogP contribution >= 0.6 is 0 Å². The van der Waals surface area contributed by atoms with Crippen LogP contribution in [0.15, 0.2) is 0 Å². The summed E-state index contributed by atoms with van der Waals surface area (Å²) in [6, 6.07) is 0. The fourth-order valence-electron chi connectivity index (χ4n) is 2.27. The van der Waals surface area contributed by atoms with E-state index in [1.807, 2.05) is 34.6 Å². The van der Waals surface area contributed by atoms with E-state index in [0.29, 0.717) is 18.6 Å². The van der Waals surface area contributed by atoms with Crippen molar-refractivity contribution < 1.29 is 19.3 Å². The van der Waals surface area contributed by atoms with Gasteiger partial charge in [0, 0.05) is 13.5 Å². The molecule has 0 spiro atoms. The van der Waals surface area contributed by atoms with Gasteiger partial charge in [0.25, 0.3) is 0 Å². The largest absolute Gasteiger partial charge is 0.382 e. The molecule has 21 heavy (non-hydrogen) atoms. The average Bonchev–Trinajstić information content (AvgIpc) is 2.47. The number of ether oxygens (including phenoxy) is 1. The summed E-state index contributed by atoms with van der Waals surface area (Å²) in [6.07, 6.45) is 0.754. The van der Waals surface area contributed by atoms with Crippen LogP contribution < -0.4 is 0 Å². The Morgan fingerprint density at radius 2 is 1.43 bits per heavy atom. The second-order valence-electron chi connectivity index (χ2n) is 5.53. The highest BCUT2D eigenvalue weighted by molar-refractivity contribution is 5.93. The van der Waals surface area contributed by atoms with Crippen LogP contribution in [0.2, 0.25) is 0 Å². The van der Waals surface area contributed by atoms with Crippen LogP contribution in [-0.2, 0) is 14.5 Å². The molecular formula is C17H26O4. The van der Waals surface area contributed by atoms with Crippen molar-refractivity contribution in [3.05, 3.63) is 33.4 Å². The molecule has 0 aliphatic rings. The summed E-state index contributed by atoms with van der Waals surface area (Å²) in [7, 11) is 1.64. The molecule has 4 heteroatoms. The van der Waals surface area contributed by atoms with Crippen molar-refractivity contribution in [2.75, 3.05) is 13.7 Å². The van der Waals surface area contributed by atoms with E-state index in [4.69, 9.17) is 14.5 Å². The topological polar surface area (TPSA) is 44.8 Å². The molecule has 1 atom stereocenters. The van der Waals surface area contributed by atoms with Crippen molar-refractivity contribution in [1.82, 2.24) is 0 Å². The maximum absolute atomic E-state index is 12.2. The van der Waals surface area contributed by atoms with E-state index < -0.39 is 5.97 Å². The summed E-state index contributed by atoms with van der Waals surface area (Å²) in [6.45, 7) is 12.3. The number of methoxy groups -OCH3 is 1. The zero-order valence-corrected chi connectivity index (χ0v) is 14.1. The standard InChI is InChI=1S/C17H26O4/c1-10(19-7)8-9-20-21-17(18)16-14(5)12(3)11(2)13(4)15(16)6/h10H,8-9H2,1-7H3. The number of carbonyl (C=O) groups excluding carboxylic acids is 1. The molecule has 0 aliphatic carbocycles. The Hall–Kier alpha value is -1.39. The lowest BCUT2D eigenvalue weighted by Gasteiger charge is -2.17. The van der Waals surface area contributed by atoms with Gasteiger partial charge in [0.2, 0.25) is 0 Å². The molecule has 1 unspecified atom stereocenters. The second kappa shape index (κ2) is 7.57. The average molecular weight is 294 g/mol. The first-order valence-electron chi connectivity index (χ1n) is 7.24. The van der Waals surface area contributed by atoms with Gasteiger partial charge in [0.05, 0.1) is 18.3 Å². The molecule has 4 nitrogen and oxygen atoms in total. The summed E-state index contributed by atoms with van der Waals surface area (Å²) in [5, 5.41) is 0. The predicted octanol–water partition coefficient (Wildman–Crippen LogP) is 3.74. The molecule has 0 radical (unpaired) electrons. The number of benzene rings is 1. The first-order valence-corrected chi connectivity index (χ1v) is 7.24. The van der Waals surface area contributed by atoms with Crippen LogP contribution in [0.1, 0.15) is 51.5 Å².